The van der Waals surface area contributed by atoms with Gasteiger partial charge < -0.3 is 0 Å². The van der Waals surface area contributed by atoms with E-state index in [4.69, 9.17) is 12.2 Å². The zero-order valence-corrected chi connectivity index (χ0v) is 14.9. The zero-order chi connectivity index (χ0) is 18.1. The maximum absolute atomic E-state index is 9.28. The van der Waals surface area contributed by atoms with Gasteiger partial charge in [0.15, 0.2) is 5.65 Å². The number of rotatable bonds is 3. The fourth-order valence-electron chi connectivity index (χ4n) is 3.04. The van der Waals surface area contributed by atoms with Gasteiger partial charge in [0.2, 0.25) is 4.77 Å². The van der Waals surface area contributed by atoms with Crippen molar-refractivity contribution in [1.29, 1.82) is 5.26 Å². The van der Waals surface area contributed by atoms with Gasteiger partial charge in [0.1, 0.15) is 5.82 Å². The number of nitriles is 1. The highest BCUT2D eigenvalue weighted by atomic mass is 32.1. The Labute approximate surface area is 155 Å². The molecule has 0 saturated heterocycles. The molecule has 0 spiro atoms. The van der Waals surface area contributed by atoms with Crippen molar-refractivity contribution in [2.75, 3.05) is 0 Å². The van der Waals surface area contributed by atoms with Crippen molar-refractivity contribution in [1.82, 2.24) is 19.6 Å². The molecule has 0 saturated carbocycles. The predicted molar refractivity (Wildman–Crippen MR) is 102 cm³/mol. The topological polar surface area (TPSA) is 69.8 Å². The van der Waals surface area contributed by atoms with Crippen LogP contribution in [-0.4, -0.2) is 19.6 Å². The number of aryl methyl sites for hydroxylation is 1. The average Bonchev–Trinajstić information content (AvgIpc) is 3.07. The Bertz CT molecular complexity index is 1200. The summed E-state index contributed by atoms with van der Waals surface area (Å²) >= 11 is 5.15. The van der Waals surface area contributed by atoms with Gasteiger partial charge in [-0.1, -0.05) is 42.5 Å². The van der Waals surface area contributed by atoms with Gasteiger partial charge in [-0.05, 0) is 41.9 Å². The number of benzene rings is 2. The first kappa shape index (κ1) is 16.2. The maximum Gasteiger partial charge on any atom is 0.214 e. The van der Waals surface area contributed by atoms with E-state index in [0.717, 1.165) is 33.7 Å². The maximum atomic E-state index is 9.28. The molecule has 2 aromatic heterocycles. The Morgan fingerprint density at radius 3 is 2.69 bits per heavy atom. The summed E-state index contributed by atoms with van der Waals surface area (Å²) in [5, 5.41) is 12.3. The van der Waals surface area contributed by atoms with Crippen LogP contribution in [0.15, 0.2) is 54.7 Å². The van der Waals surface area contributed by atoms with E-state index < -0.39 is 0 Å². The zero-order valence-electron chi connectivity index (χ0n) is 14.1. The first-order valence-electron chi connectivity index (χ1n) is 8.17. The summed E-state index contributed by atoms with van der Waals surface area (Å²) in [6.07, 6.45) is 2.55. The molecular weight excluding hydrogens is 342 g/mol. The minimum Gasteiger partial charge on any atom is -0.265 e. The third-order valence-electron chi connectivity index (χ3n) is 4.35. The van der Waals surface area contributed by atoms with E-state index >= 15 is 0 Å². The lowest BCUT2D eigenvalue weighted by Gasteiger charge is -2.08. The molecule has 4 aromatic rings. The Balaban J connectivity index is 1.68. The quantitative estimate of drug-likeness (QED) is 0.557. The Hall–Kier alpha value is -3.30. The molecule has 0 aliphatic rings. The fourth-order valence-corrected chi connectivity index (χ4v) is 3.21. The van der Waals surface area contributed by atoms with Gasteiger partial charge in [-0.3, -0.25) is 5.10 Å². The number of aromatic nitrogens is 4. The summed E-state index contributed by atoms with van der Waals surface area (Å²) in [6, 6.07) is 18.1. The van der Waals surface area contributed by atoms with Gasteiger partial charge in [-0.2, -0.15) is 10.2 Å². The van der Waals surface area contributed by atoms with E-state index in [9.17, 15) is 5.26 Å². The average molecular weight is 357 g/mol. The SMILES string of the molecule is Cc1ncc(Cc2ccc(-c3ccccc3C#N)cc2)c2nc(=S)[nH]n12. The summed E-state index contributed by atoms with van der Waals surface area (Å²) in [4.78, 5) is 8.82. The molecule has 0 atom stereocenters. The van der Waals surface area contributed by atoms with Gasteiger partial charge in [-0.15, -0.1) is 0 Å². The van der Waals surface area contributed by atoms with E-state index in [1.807, 2.05) is 54.0 Å². The lowest BCUT2D eigenvalue weighted by atomic mass is 9.98. The van der Waals surface area contributed by atoms with Crippen molar-refractivity contribution in [2.45, 2.75) is 13.3 Å². The lowest BCUT2D eigenvalue weighted by molar-refractivity contribution is 0.848. The second-order valence-electron chi connectivity index (χ2n) is 6.05. The van der Waals surface area contributed by atoms with Gasteiger partial charge in [0, 0.05) is 18.2 Å². The van der Waals surface area contributed by atoms with E-state index in [0.29, 0.717) is 16.8 Å². The van der Waals surface area contributed by atoms with Crippen LogP contribution < -0.4 is 0 Å². The lowest BCUT2D eigenvalue weighted by Crippen LogP contribution is -2.01. The van der Waals surface area contributed by atoms with E-state index in [2.05, 4.69) is 33.3 Å². The molecule has 126 valence electrons. The molecule has 26 heavy (non-hydrogen) atoms. The van der Waals surface area contributed by atoms with Crippen LogP contribution >= 0.6 is 12.2 Å². The molecule has 2 heterocycles. The van der Waals surface area contributed by atoms with E-state index in [-0.39, 0.29) is 0 Å². The van der Waals surface area contributed by atoms with Gasteiger partial charge >= 0.3 is 0 Å². The molecule has 0 bridgehead atoms. The van der Waals surface area contributed by atoms with Crippen molar-refractivity contribution in [3.8, 4) is 17.2 Å². The summed E-state index contributed by atoms with van der Waals surface area (Å²) < 4.78 is 2.26. The first-order chi connectivity index (χ1) is 12.7. The number of hydrogen-bond donors (Lipinski definition) is 1. The van der Waals surface area contributed by atoms with Crippen molar-refractivity contribution in [3.63, 3.8) is 0 Å². The minimum absolute atomic E-state index is 0.450. The Kier molecular flexibility index (Phi) is 4.07. The van der Waals surface area contributed by atoms with Crippen molar-refractivity contribution in [3.05, 3.63) is 82.0 Å². The molecule has 2 aromatic carbocycles. The Morgan fingerprint density at radius 2 is 1.92 bits per heavy atom. The molecule has 1 N–H and O–H groups in total. The molecule has 0 amide bonds. The van der Waals surface area contributed by atoms with Crippen LogP contribution in [0.4, 0.5) is 0 Å². The molecule has 4 rings (SSSR count). The van der Waals surface area contributed by atoms with Crippen molar-refractivity contribution < 1.29 is 0 Å². The normalized spacial score (nSPS) is 10.8. The Morgan fingerprint density at radius 1 is 1.15 bits per heavy atom. The van der Waals surface area contributed by atoms with Crippen LogP contribution in [0, 0.1) is 23.0 Å². The van der Waals surface area contributed by atoms with Crippen molar-refractivity contribution >= 4 is 17.9 Å². The highest BCUT2D eigenvalue weighted by molar-refractivity contribution is 7.71. The predicted octanol–water partition coefficient (Wildman–Crippen LogP) is 4.22. The smallest absolute Gasteiger partial charge is 0.214 e. The highest BCUT2D eigenvalue weighted by Crippen LogP contribution is 2.24. The standard InChI is InChI=1S/C20H15N5S/c1-13-22-12-17(19-23-20(26)24-25(13)19)10-14-6-8-15(9-7-14)18-5-3-2-4-16(18)11-21/h2-9,12H,10H2,1H3,(H,24,26). The molecule has 0 unspecified atom stereocenters. The van der Waals surface area contributed by atoms with Gasteiger partial charge in [0.25, 0.3) is 0 Å². The number of nitrogens with zero attached hydrogens (tertiary/aromatic N) is 4. The number of nitrogens with one attached hydrogen (secondary N) is 1. The summed E-state index contributed by atoms with van der Waals surface area (Å²) in [5.74, 6) is 0.816. The second-order valence-corrected chi connectivity index (χ2v) is 6.44. The summed E-state index contributed by atoms with van der Waals surface area (Å²) in [5.41, 5.74) is 5.61. The van der Waals surface area contributed by atoms with Gasteiger partial charge in [0.05, 0.1) is 11.6 Å². The van der Waals surface area contributed by atoms with E-state index in [1.54, 1.807) is 0 Å². The van der Waals surface area contributed by atoms with E-state index in [1.165, 1.54) is 0 Å². The molecular formula is C20H15N5S. The monoisotopic (exact) mass is 357 g/mol. The molecule has 5 nitrogen and oxygen atoms in total. The highest BCUT2D eigenvalue weighted by Gasteiger charge is 2.09. The number of fused-ring (bicyclic) bond motifs is 1. The van der Waals surface area contributed by atoms with Crippen LogP contribution in [0.5, 0.6) is 0 Å². The third-order valence-corrected chi connectivity index (χ3v) is 4.53. The molecule has 0 aliphatic heterocycles. The third kappa shape index (κ3) is 2.89. The summed E-state index contributed by atoms with van der Waals surface area (Å²) in [7, 11) is 0. The van der Waals surface area contributed by atoms with Crippen molar-refractivity contribution in [2.24, 2.45) is 0 Å². The van der Waals surface area contributed by atoms with Crippen LogP contribution in [0.25, 0.3) is 16.8 Å². The minimum atomic E-state index is 0.450. The van der Waals surface area contributed by atoms with Crippen LogP contribution in [0.1, 0.15) is 22.5 Å². The molecule has 0 radical (unpaired) electrons. The van der Waals surface area contributed by atoms with Crippen LogP contribution in [0.3, 0.4) is 0 Å². The molecule has 0 fully saturated rings. The van der Waals surface area contributed by atoms with Crippen LogP contribution in [0.2, 0.25) is 0 Å². The first-order valence-corrected chi connectivity index (χ1v) is 8.58. The van der Waals surface area contributed by atoms with Gasteiger partial charge in [-0.25, -0.2) is 9.50 Å². The second kappa shape index (κ2) is 6.54. The summed E-state index contributed by atoms with van der Waals surface area (Å²) in [6.45, 7) is 1.91. The number of hydrogen-bond acceptors (Lipinski definition) is 4. The number of aromatic amines is 1. The molecule has 6 heteroatoms. The largest absolute Gasteiger partial charge is 0.265 e. The number of H-pyrrole nitrogens is 1. The molecule has 0 aliphatic carbocycles. The van der Waals surface area contributed by atoms with Crippen LogP contribution in [-0.2, 0) is 6.42 Å². The fraction of sp³-hybridized carbons (Fsp3) is 0.100.